The normalized spacial score (nSPS) is 12.2. The van der Waals surface area contributed by atoms with Gasteiger partial charge in [0.05, 0.1) is 11.4 Å². The molecular formula is C10H6ClF4N3. The molecule has 0 N–H and O–H groups in total. The number of halogens is 5. The SMILES string of the molecule is [N-]=[N+]=NC(=CCC(F)(F)F)c1cccc(Cl)c1F. The van der Waals surface area contributed by atoms with Crippen molar-refractivity contribution in [3.63, 3.8) is 0 Å². The fraction of sp³-hybridized carbons (Fsp3) is 0.200. The fourth-order valence-corrected chi connectivity index (χ4v) is 1.34. The minimum atomic E-state index is -4.47. The van der Waals surface area contributed by atoms with Gasteiger partial charge in [0, 0.05) is 16.2 Å². The van der Waals surface area contributed by atoms with Crippen LogP contribution < -0.4 is 0 Å². The molecule has 0 spiro atoms. The Morgan fingerprint density at radius 1 is 1.44 bits per heavy atom. The highest BCUT2D eigenvalue weighted by molar-refractivity contribution is 6.30. The second-order valence-corrected chi connectivity index (χ2v) is 3.61. The predicted molar refractivity (Wildman–Crippen MR) is 59.2 cm³/mol. The maximum absolute atomic E-state index is 13.6. The number of azide groups is 1. The number of hydrogen-bond donors (Lipinski definition) is 0. The molecule has 0 atom stereocenters. The highest BCUT2D eigenvalue weighted by atomic mass is 35.5. The lowest BCUT2D eigenvalue weighted by Crippen LogP contribution is -2.04. The van der Waals surface area contributed by atoms with Gasteiger partial charge in [0.15, 0.2) is 0 Å². The molecule has 0 aliphatic heterocycles. The molecule has 0 saturated heterocycles. The van der Waals surface area contributed by atoms with Crippen molar-refractivity contribution in [3.05, 3.63) is 51.1 Å². The lowest BCUT2D eigenvalue weighted by atomic mass is 10.1. The quantitative estimate of drug-likeness (QED) is 0.320. The van der Waals surface area contributed by atoms with Crippen LogP contribution in [0.3, 0.4) is 0 Å². The number of alkyl halides is 3. The Hall–Kier alpha value is -1.72. The summed E-state index contributed by atoms with van der Waals surface area (Å²) in [5, 5.41) is 2.78. The van der Waals surface area contributed by atoms with Gasteiger partial charge in [0.2, 0.25) is 0 Å². The van der Waals surface area contributed by atoms with Gasteiger partial charge in [-0.3, -0.25) is 0 Å². The van der Waals surface area contributed by atoms with Crippen LogP contribution >= 0.6 is 11.6 Å². The zero-order chi connectivity index (χ0) is 13.8. The average Bonchev–Trinajstić information content (AvgIpc) is 2.27. The Kier molecular flexibility index (Phi) is 4.58. The van der Waals surface area contributed by atoms with E-state index in [2.05, 4.69) is 10.0 Å². The van der Waals surface area contributed by atoms with E-state index in [1.54, 1.807) is 0 Å². The molecule has 18 heavy (non-hydrogen) atoms. The zero-order valence-corrected chi connectivity index (χ0v) is 9.50. The molecule has 0 bridgehead atoms. The summed E-state index contributed by atoms with van der Waals surface area (Å²) in [7, 11) is 0. The summed E-state index contributed by atoms with van der Waals surface area (Å²) in [6.45, 7) is 0. The first-order valence-electron chi connectivity index (χ1n) is 4.61. The van der Waals surface area contributed by atoms with Crippen molar-refractivity contribution in [2.75, 3.05) is 0 Å². The molecule has 0 unspecified atom stereocenters. The van der Waals surface area contributed by atoms with Crippen LogP contribution in [0.5, 0.6) is 0 Å². The largest absolute Gasteiger partial charge is 0.392 e. The van der Waals surface area contributed by atoms with Gasteiger partial charge in [0.25, 0.3) is 0 Å². The summed E-state index contributed by atoms with van der Waals surface area (Å²) >= 11 is 5.49. The number of allylic oxidation sites excluding steroid dienone is 1. The highest BCUT2D eigenvalue weighted by Gasteiger charge is 2.25. The number of benzene rings is 1. The van der Waals surface area contributed by atoms with Crippen LogP contribution in [-0.4, -0.2) is 6.18 Å². The number of hydrogen-bond acceptors (Lipinski definition) is 1. The highest BCUT2D eigenvalue weighted by Crippen LogP contribution is 2.28. The molecule has 0 saturated carbocycles. The van der Waals surface area contributed by atoms with Gasteiger partial charge in [-0.25, -0.2) is 4.39 Å². The maximum Gasteiger partial charge on any atom is 0.392 e. The van der Waals surface area contributed by atoms with Crippen LogP contribution in [0.4, 0.5) is 17.6 Å². The van der Waals surface area contributed by atoms with E-state index in [1.807, 2.05) is 0 Å². The molecule has 0 radical (unpaired) electrons. The van der Waals surface area contributed by atoms with E-state index < -0.39 is 24.1 Å². The van der Waals surface area contributed by atoms with E-state index in [9.17, 15) is 17.6 Å². The minimum Gasteiger partial charge on any atom is -0.205 e. The van der Waals surface area contributed by atoms with Crippen molar-refractivity contribution < 1.29 is 17.6 Å². The first kappa shape index (κ1) is 14.3. The zero-order valence-electron chi connectivity index (χ0n) is 8.75. The third-order valence-electron chi connectivity index (χ3n) is 1.91. The van der Waals surface area contributed by atoms with E-state index in [-0.39, 0.29) is 10.6 Å². The molecule has 8 heteroatoms. The lowest BCUT2D eigenvalue weighted by Gasteiger charge is -2.06. The first-order valence-corrected chi connectivity index (χ1v) is 4.99. The Balaban J connectivity index is 3.21. The molecule has 1 aromatic carbocycles. The topological polar surface area (TPSA) is 48.8 Å². The van der Waals surface area contributed by atoms with Gasteiger partial charge in [-0.05, 0) is 11.6 Å². The van der Waals surface area contributed by atoms with Crippen LogP contribution in [-0.2, 0) is 0 Å². The van der Waals surface area contributed by atoms with E-state index >= 15 is 0 Å². The number of rotatable bonds is 3. The smallest absolute Gasteiger partial charge is 0.205 e. The van der Waals surface area contributed by atoms with Gasteiger partial charge in [-0.2, -0.15) is 13.2 Å². The number of nitrogens with zero attached hydrogens (tertiary/aromatic N) is 3. The van der Waals surface area contributed by atoms with Crippen LogP contribution in [0.25, 0.3) is 16.1 Å². The van der Waals surface area contributed by atoms with Crippen LogP contribution in [0.1, 0.15) is 12.0 Å². The van der Waals surface area contributed by atoms with E-state index in [4.69, 9.17) is 17.1 Å². The second kappa shape index (κ2) is 5.75. The van der Waals surface area contributed by atoms with Crippen molar-refractivity contribution in [2.45, 2.75) is 12.6 Å². The molecule has 96 valence electrons. The van der Waals surface area contributed by atoms with Crippen LogP contribution in [0.2, 0.25) is 5.02 Å². The maximum atomic E-state index is 13.6. The lowest BCUT2D eigenvalue weighted by molar-refractivity contribution is -0.124. The third-order valence-corrected chi connectivity index (χ3v) is 2.20. The second-order valence-electron chi connectivity index (χ2n) is 3.20. The molecule has 0 aliphatic rings. The van der Waals surface area contributed by atoms with Crippen molar-refractivity contribution in [1.82, 2.24) is 0 Å². The monoisotopic (exact) mass is 279 g/mol. The third kappa shape index (κ3) is 3.94. The standard InChI is InChI=1S/C10H6ClF4N3/c11-7-3-1-2-6(9(7)12)8(17-18-16)4-5-10(13,14)15/h1-4H,5H2. The molecule has 1 rings (SSSR count). The fourth-order valence-electron chi connectivity index (χ4n) is 1.17. The van der Waals surface area contributed by atoms with E-state index in [0.29, 0.717) is 6.08 Å². The molecular weight excluding hydrogens is 274 g/mol. The summed E-state index contributed by atoms with van der Waals surface area (Å²) in [4.78, 5) is 2.36. The van der Waals surface area contributed by atoms with Gasteiger partial charge in [0.1, 0.15) is 5.82 Å². The molecule has 0 amide bonds. The summed E-state index contributed by atoms with van der Waals surface area (Å²) in [6.07, 6.45) is -5.19. The van der Waals surface area contributed by atoms with Gasteiger partial charge >= 0.3 is 6.18 Å². The van der Waals surface area contributed by atoms with Crippen molar-refractivity contribution in [1.29, 1.82) is 0 Å². The first-order chi connectivity index (χ1) is 8.35. The van der Waals surface area contributed by atoms with E-state index in [0.717, 1.165) is 0 Å². The molecule has 0 aromatic heterocycles. The molecule has 0 heterocycles. The molecule has 0 aliphatic carbocycles. The van der Waals surface area contributed by atoms with E-state index in [1.165, 1.54) is 18.2 Å². The Morgan fingerprint density at radius 3 is 2.67 bits per heavy atom. The summed E-state index contributed by atoms with van der Waals surface area (Å²) in [5.74, 6) is -0.931. The molecule has 1 aromatic rings. The summed E-state index contributed by atoms with van der Waals surface area (Å²) in [6, 6.07) is 3.75. The molecule has 3 nitrogen and oxygen atoms in total. The van der Waals surface area contributed by atoms with Crippen molar-refractivity contribution >= 4 is 17.3 Å². The van der Waals surface area contributed by atoms with Gasteiger partial charge in [-0.1, -0.05) is 34.9 Å². The molecule has 0 fully saturated rings. The van der Waals surface area contributed by atoms with Crippen LogP contribution in [0.15, 0.2) is 29.4 Å². The minimum absolute atomic E-state index is 0.265. The Bertz CT molecular complexity index is 518. The Morgan fingerprint density at radius 2 is 2.11 bits per heavy atom. The van der Waals surface area contributed by atoms with Crippen molar-refractivity contribution in [3.8, 4) is 0 Å². The van der Waals surface area contributed by atoms with Gasteiger partial charge in [-0.15, -0.1) is 0 Å². The van der Waals surface area contributed by atoms with Crippen molar-refractivity contribution in [2.24, 2.45) is 5.11 Å². The predicted octanol–water partition coefficient (Wildman–Crippen LogP) is 5.08. The van der Waals surface area contributed by atoms with Crippen LogP contribution in [0, 0.1) is 5.82 Å². The summed E-state index contributed by atoms with van der Waals surface area (Å²) < 4.78 is 49.7. The average molecular weight is 280 g/mol. The Labute approximate surface area is 104 Å². The van der Waals surface area contributed by atoms with Gasteiger partial charge < -0.3 is 0 Å². The summed E-state index contributed by atoms with van der Waals surface area (Å²) in [5.41, 5.74) is 7.55.